The van der Waals surface area contributed by atoms with Gasteiger partial charge in [0.15, 0.2) is 5.76 Å². The van der Waals surface area contributed by atoms with E-state index in [9.17, 15) is 19.5 Å². The number of methoxy groups -OCH3 is 1. The summed E-state index contributed by atoms with van der Waals surface area (Å²) in [6.07, 6.45) is 2.80. The molecule has 0 radical (unpaired) electrons. The largest absolute Gasteiger partial charge is 0.502 e. The van der Waals surface area contributed by atoms with Gasteiger partial charge in [-0.1, -0.05) is 24.3 Å². The molecular formula is C30H30N2O7. The number of pyridine rings is 1. The number of hydrogen-bond donors (Lipinski definition) is 1. The molecule has 9 heteroatoms. The number of likely N-dealkylation sites (tertiary alicyclic amines) is 1. The molecule has 39 heavy (non-hydrogen) atoms. The Morgan fingerprint density at radius 3 is 2.82 bits per heavy atom. The molecule has 6 rings (SSSR count). The van der Waals surface area contributed by atoms with E-state index in [4.69, 9.17) is 13.9 Å². The molecule has 0 aliphatic carbocycles. The summed E-state index contributed by atoms with van der Waals surface area (Å²) in [5, 5.41) is 10.8. The summed E-state index contributed by atoms with van der Waals surface area (Å²) in [4.78, 5) is 39.9. The zero-order valence-corrected chi connectivity index (χ0v) is 21.7. The number of ether oxygens (including phenoxy) is 2. The fourth-order valence-electron chi connectivity index (χ4n) is 6.19. The molecule has 5 heterocycles. The smallest absolute Gasteiger partial charge is 0.306 e. The van der Waals surface area contributed by atoms with Gasteiger partial charge >= 0.3 is 5.97 Å². The minimum atomic E-state index is -0.738. The Kier molecular flexibility index (Phi) is 6.60. The Hall–Kier alpha value is -4.11. The monoisotopic (exact) mass is 530 g/mol. The van der Waals surface area contributed by atoms with Crippen LogP contribution >= 0.6 is 0 Å². The fraction of sp³-hybridized carbons (Fsp3) is 0.367. The fourth-order valence-corrected chi connectivity index (χ4v) is 6.19. The van der Waals surface area contributed by atoms with Crippen LogP contribution in [-0.2, 0) is 22.6 Å². The van der Waals surface area contributed by atoms with Gasteiger partial charge in [-0.3, -0.25) is 19.3 Å². The normalized spacial score (nSPS) is 20.7. The summed E-state index contributed by atoms with van der Waals surface area (Å²) in [6, 6.07) is 14.3. The lowest BCUT2D eigenvalue weighted by atomic mass is 9.83. The van der Waals surface area contributed by atoms with Gasteiger partial charge in [0.2, 0.25) is 11.2 Å². The van der Waals surface area contributed by atoms with E-state index in [1.165, 1.54) is 13.2 Å². The second-order valence-electron chi connectivity index (χ2n) is 10.6. The number of hydrogen-bond acceptors (Lipinski definition) is 8. The van der Waals surface area contributed by atoms with Crippen LogP contribution in [0.5, 0.6) is 11.5 Å². The zero-order valence-electron chi connectivity index (χ0n) is 21.7. The van der Waals surface area contributed by atoms with Crippen LogP contribution in [0.25, 0.3) is 6.08 Å². The zero-order chi connectivity index (χ0) is 27.1. The van der Waals surface area contributed by atoms with Crippen LogP contribution in [0.1, 0.15) is 47.5 Å². The Balaban J connectivity index is 1.31. The van der Waals surface area contributed by atoms with Crippen molar-refractivity contribution in [3.63, 3.8) is 0 Å². The van der Waals surface area contributed by atoms with Gasteiger partial charge in [0, 0.05) is 48.9 Å². The molecule has 0 saturated carbocycles. The highest BCUT2D eigenvalue weighted by Gasteiger charge is 2.35. The minimum absolute atomic E-state index is 0.0325. The van der Waals surface area contributed by atoms with E-state index < -0.39 is 23.1 Å². The average Bonchev–Trinajstić information content (AvgIpc) is 2.94. The first-order valence-corrected chi connectivity index (χ1v) is 13.2. The Morgan fingerprint density at radius 1 is 1.13 bits per heavy atom. The molecule has 1 saturated heterocycles. The molecular weight excluding hydrogens is 500 g/mol. The number of piperidine rings is 1. The van der Waals surface area contributed by atoms with Crippen molar-refractivity contribution >= 4 is 12.0 Å². The van der Waals surface area contributed by atoms with E-state index >= 15 is 0 Å². The molecule has 1 aromatic carbocycles. The lowest BCUT2D eigenvalue weighted by molar-refractivity contribution is -0.141. The highest BCUT2D eigenvalue weighted by Crippen LogP contribution is 2.39. The summed E-state index contributed by atoms with van der Waals surface area (Å²) < 4.78 is 18.9. The number of rotatable bonds is 6. The van der Waals surface area contributed by atoms with Gasteiger partial charge in [0.1, 0.15) is 18.1 Å². The highest BCUT2D eigenvalue weighted by atomic mass is 16.5. The molecule has 3 atom stereocenters. The molecule has 3 aliphatic rings. The maximum Gasteiger partial charge on any atom is 0.306 e. The first kappa shape index (κ1) is 25.2. The summed E-state index contributed by atoms with van der Waals surface area (Å²) >= 11 is 0. The van der Waals surface area contributed by atoms with Gasteiger partial charge in [-0.25, -0.2) is 0 Å². The van der Waals surface area contributed by atoms with Gasteiger partial charge in [0.25, 0.3) is 5.56 Å². The number of aromatic hydroxyl groups is 1. The number of carbonyl (C=O) groups excluding carboxylic acids is 1. The van der Waals surface area contributed by atoms with Crippen molar-refractivity contribution in [3.8, 4) is 11.5 Å². The number of aromatic nitrogens is 1. The van der Waals surface area contributed by atoms with Crippen molar-refractivity contribution in [2.24, 2.45) is 5.92 Å². The van der Waals surface area contributed by atoms with Gasteiger partial charge in [0.05, 0.1) is 26.0 Å². The molecule has 2 bridgehead atoms. The highest BCUT2D eigenvalue weighted by molar-refractivity contribution is 5.73. The predicted octanol–water partition coefficient (Wildman–Crippen LogP) is 3.25. The van der Waals surface area contributed by atoms with Crippen LogP contribution in [0.15, 0.2) is 68.1 Å². The number of carbonyl (C=O) groups is 1. The summed E-state index contributed by atoms with van der Waals surface area (Å²) in [5.41, 5.74) is 2.05. The van der Waals surface area contributed by atoms with Crippen molar-refractivity contribution in [1.29, 1.82) is 0 Å². The van der Waals surface area contributed by atoms with Crippen LogP contribution < -0.4 is 15.7 Å². The van der Waals surface area contributed by atoms with E-state index in [0.717, 1.165) is 36.5 Å². The van der Waals surface area contributed by atoms with Gasteiger partial charge in [-0.15, -0.1) is 0 Å². The van der Waals surface area contributed by atoms with Crippen LogP contribution in [0.2, 0.25) is 0 Å². The number of esters is 1. The Morgan fingerprint density at radius 2 is 1.97 bits per heavy atom. The van der Waals surface area contributed by atoms with Crippen LogP contribution in [0, 0.1) is 5.92 Å². The third kappa shape index (κ3) is 4.90. The van der Waals surface area contributed by atoms with E-state index in [-0.39, 0.29) is 30.3 Å². The topological polar surface area (TPSA) is 111 Å². The minimum Gasteiger partial charge on any atom is -0.502 e. The van der Waals surface area contributed by atoms with E-state index in [1.54, 1.807) is 6.07 Å². The molecule has 1 fully saturated rings. The van der Waals surface area contributed by atoms with E-state index in [1.807, 2.05) is 47.0 Å². The maximum absolute atomic E-state index is 12.9. The average molecular weight is 531 g/mol. The number of nitrogens with zero attached hydrogens (tertiary/aromatic N) is 2. The van der Waals surface area contributed by atoms with Crippen molar-refractivity contribution in [3.05, 3.63) is 97.5 Å². The van der Waals surface area contributed by atoms with Gasteiger partial charge in [-0.05, 0) is 36.1 Å². The lowest BCUT2D eigenvalue weighted by Crippen LogP contribution is -2.46. The third-order valence-electron chi connectivity index (χ3n) is 7.95. The molecule has 9 nitrogen and oxygen atoms in total. The summed E-state index contributed by atoms with van der Waals surface area (Å²) in [6.45, 7) is 2.71. The molecule has 2 aromatic heterocycles. The SMILES string of the molecule is COC(=O)CC(C1=Cc2ccccc2OC1)c1oc(CN2CC3CC(C2)c2cccc(=O)n2C3)cc(=O)c1O. The standard InChI is InChI=1S/C30H30N2O7/c1-37-28(35)12-23(21-10-19-5-2-3-7-26(19)38-17-21)30-29(36)25(33)11-22(39-30)16-31-13-18-9-20(15-31)24-6-4-8-27(34)32(24)14-18/h2-8,10-11,18,20,23,36H,9,12-17H2,1H3. The summed E-state index contributed by atoms with van der Waals surface area (Å²) in [7, 11) is 1.30. The van der Waals surface area contributed by atoms with Crippen LogP contribution in [0.3, 0.4) is 0 Å². The lowest BCUT2D eigenvalue weighted by Gasteiger charge is -2.42. The Bertz CT molecular complexity index is 1570. The molecule has 202 valence electrons. The van der Waals surface area contributed by atoms with Gasteiger partial charge in [-0.2, -0.15) is 0 Å². The van der Waals surface area contributed by atoms with E-state index in [0.29, 0.717) is 30.3 Å². The van der Waals surface area contributed by atoms with Crippen molar-refractivity contribution in [2.45, 2.75) is 37.8 Å². The first-order chi connectivity index (χ1) is 18.9. The molecule has 0 amide bonds. The van der Waals surface area contributed by atoms with Gasteiger partial charge < -0.3 is 23.6 Å². The second kappa shape index (κ2) is 10.2. The third-order valence-corrected chi connectivity index (χ3v) is 7.95. The van der Waals surface area contributed by atoms with Crippen molar-refractivity contribution in [2.75, 3.05) is 26.8 Å². The predicted molar refractivity (Wildman–Crippen MR) is 143 cm³/mol. The van der Waals surface area contributed by atoms with Crippen molar-refractivity contribution < 1.29 is 23.8 Å². The number of benzene rings is 1. The van der Waals surface area contributed by atoms with Crippen molar-refractivity contribution in [1.82, 2.24) is 9.47 Å². The second-order valence-corrected chi connectivity index (χ2v) is 10.6. The molecule has 0 spiro atoms. The number of para-hydroxylation sites is 1. The van der Waals surface area contributed by atoms with Crippen LogP contribution in [-0.4, -0.2) is 47.3 Å². The molecule has 3 aliphatic heterocycles. The Labute approximate surface area is 224 Å². The number of fused-ring (bicyclic) bond motifs is 5. The molecule has 1 N–H and O–H groups in total. The summed E-state index contributed by atoms with van der Waals surface area (Å²) in [5.74, 6) is -0.0593. The molecule has 3 unspecified atom stereocenters. The quantitative estimate of drug-likeness (QED) is 0.484. The maximum atomic E-state index is 12.9. The van der Waals surface area contributed by atoms with Crippen LogP contribution in [0.4, 0.5) is 0 Å². The first-order valence-electron chi connectivity index (χ1n) is 13.2. The molecule has 3 aromatic rings. The van der Waals surface area contributed by atoms with E-state index in [2.05, 4.69) is 4.90 Å².